The van der Waals surface area contributed by atoms with Crippen LogP contribution in [0.4, 0.5) is 0 Å². The van der Waals surface area contributed by atoms with Gasteiger partial charge in [0.1, 0.15) is 0 Å². The Kier molecular flexibility index (Phi) is 8.03. The molecule has 0 fully saturated rings. The van der Waals surface area contributed by atoms with Crippen molar-refractivity contribution in [3.8, 4) is 0 Å². The fourth-order valence-electron chi connectivity index (χ4n) is 1.73. The predicted octanol–water partition coefficient (Wildman–Crippen LogP) is 4.25. The van der Waals surface area contributed by atoms with Crippen LogP contribution in [0.25, 0.3) is 0 Å². The maximum absolute atomic E-state index is 4.18. The van der Waals surface area contributed by atoms with Crippen molar-refractivity contribution in [1.82, 2.24) is 4.90 Å². The molecule has 0 aromatic heterocycles. The first-order chi connectivity index (χ1) is 7.44. The SMILES string of the molecule is C=C(C)[Si](C)(C)CN(CCCC)CCCC. The second-order valence-corrected chi connectivity index (χ2v) is 10.6. The second kappa shape index (κ2) is 8.07. The van der Waals surface area contributed by atoms with Crippen LogP contribution >= 0.6 is 0 Å². The Morgan fingerprint density at radius 1 is 1.06 bits per heavy atom. The number of hydrogen-bond donors (Lipinski definition) is 0. The molecular formula is C14H31NSi. The summed E-state index contributed by atoms with van der Waals surface area (Å²) in [7, 11) is -1.21. The van der Waals surface area contributed by atoms with Gasteiger partial charge >= 0.3 is 0 Å². The third-order valence-corrected chi connectivity index (χ3v) is 6.98. The highest BCUT2D eigenvalue weighted by Crippen LogP contribution is 2.15. The zero-order valence-electron chi connectivity index (χ0n) is 12.1. The van der Waals surface area contributed by atoms with Crippen molar-refractivity contribution in [2.45, 2.75) is 59.5 Å². The lowest BCUT2D eigenvalue weighted by atomic mass is 10.3. The van der Waals surface area contributed by atoms with E-state index in [2.05, 4.69) is 45.3 Å². The first-order valence-electron chi connectivity index (χ1n) is 6.82. The Hall–Kier alpha value is -0.0831. The van der Waals surface area contributed by atoms with Crippen LogP contribution in [0.15, 0.2) is 11.8 Å². The van der Waals surface area contributed by atoms with Crippen LogP contribution in [0.5, 0.6) is 0 Å². The predicted molar refractivity (Wildman–Crippen MR) is 78.6 cm³/mol. The third kappa shape index (κ3) is 6.49. The topological polar surface area (TPSA) is 3.24 Å². The maximum Gasteiger partial charge on any atom is 0.0886 e. The minimum atomic E-state index is -1.21. The lowest BCUT2D eigenvalue weighted by molar-refractivity contribution is 0.301. The molecule has 2 heteroatoms. The second-order valence-electron chi connectivity index (χ2n) is 5.65. The lowest BCUT2D eigenvalue weighted by Crippen LogP contribution is -2.44. The van der Waals surface area contributed by atoms with Gasteiger partial charge in [-0.2, -0.15) is 0 Å². The molecule has 0 heterocycles. The molecule has 0 unspecified atom stereocenters. The van der Waals surface area contributed by atoms with E-state index in [0.717, 1.165) is 0 Å². The molecule has 0 spiro atoms. The lowest BCUT2D eigenvalue weighted by Gasteiger charge is -2.31. The van der Waals surface area contributed by atoms with Crippen LogP contribution in [-0.2, 0) is 0 Å². The molecule has 16 heavy (non-hydrogen) atoms. The first kappa shape index (κ1) is 15.9. The molecule has 96 valence electrons. The summed E-state index contributed by atoms with van der Waals surface area (Å²) in [4.78, 5) is 2.67. The van der Waals surface area contributed by atoms with Crippen molar-refractivity contribution < 1.29 is 0 Å². The van der Waals surface area contributed by atoms with E-state index in [0.29, 0.717) is 0 Å². The Labute approximate surface area is 104 Å². The van der Waals surface area contributed by atoms with Crippen LogP contribution in [0.2, 0.25) is 13.1 Å². The van der Waals surface area contributed by atoms with Crippen molar-refractivity contribution in [2.75, 3.05) is 19.3 Å². The van der Waals surface area contributed by atoms with E-state index >= 15 is 0 Å². The minimum absolute atomic E-state index is 1.21. The van der Waals surface area contributed by atoms with Crippen molar-refractivity contribution in [3.05, 3.63) is 11.8 Å². The van der Waals surface area contributed by atoms with Crippen LogP contribution in [0, 0.1) is 0 Å². The van der Waals surface area contributed by atoms with Gasteiger partial charge in [0.05, 0.1) is 8.07 Å². The van der Waals surface area contributed by atoms with Crippen LogP contribution < -0.4 is 0 Å². The smallest absolute Gasteiger partial charge is 0.0886 e. The van der Waals surface area contributed by atoms with Gasteiger partial charge in [0.25, 0.3) is 0 Å². The van der Waals surface area contributed by atoms with E-state index in [1.807, 2.05) is 0 Å². The molecule has 0 aliphatic carbocycles. The summed E-state index contributed by atoms with van der Waals surface area (Å²) in [6.07, 6.45) is 6.58. The van der Waals surface area contributed by atoms with Crippen molar-refractivity contribution >= 4 is 8.07 Å². The fraction of sp³-hybridized carbons (Fsp3) is 0.857. The third-order valence-electron chi connectivity index (χ3n) is 3.43. The standard InChI is InChI=1S/C14H31NSi/c1-7-9-11-15(12-10-8-2)13-16(5,6)14(3)4/h3,7-13H2,1-2,4-6H3. The summed E-state index contributed by atoms with van der Waals surface area (Å²) in [5.41, 5.74) is 0. The van der Waals surface area contributed by atoms with E-state index in [1.54, 1.807) is 0 Å². The average molecular weight is 241 g/mol. The quantitative estimate of drug-likeness (QED) is 0.545. The highest BCUT2D eigenvalue weighted by molar-refractivity contribution is 6.84. The Bertz CT molecular complexity index is 191. The average Bonchev–Trinajstić information content (AvgIpc) is 2.21. The first-order valence-corrected chi connectivity index (χ1v) is 10.0. The van der Waals surface area contributed by atoms with E-state index in [-0.39, 0.29) is 0 Å². The molecule has 0 saturated heterocycles. The van der Waals surface area contributed by atoms with Gasteiger partial charge < -0.3 is 4.90 Å². The molecule has 0 aromatic rings. The summed E-state index contributed by atoms with van der Waals surface area (Å²) < 4.78 is 0. The number of hydrogen-bond acceptors (Lipinski definition) is 1. The minimum Gasteiger partial charge on any atom is -0.306 e. The van der Waals surface area contributed by atoms with E-state index in [1.165, 1.54) is 50.1 Å². The molecule has 0 aliphatic rings. The van der Waals surface area contributed by atoms with Crippen LogP contribution in [-0.4, -0.2) is 32.2 Å². The van der Waals surface area contributed by atoms with Crippen molar-refractivity contribution in [1.29, 1.82) is 0 Å². The molecule has 1 nitrogen and oxygen atoms in total. The number of allylic oxidation sites excluding steroid dienone is 1. The monoisotopic (exact) mass is 241 g/mol. The number of nitrogens with zero attached hydrogens (tertiary/aromatic N) is 1. The highest BCUT2D eigenvalue weighted by atomic mass is 28.3. The van der Waals surface area contributed by atoms with E-state index < -0.39 is 8.07 Å². The molecule has 0 aliphatic heterocycles. The highest BCUT2D eigenvalue weighted by Gasteiger charge is 2.24. The number of rotatable bonds is 9. The van der Waals surface area contributed by atoms with Gasteiger partial charge in [-0.25, -0.2) is 0 Å². The van der Waals surface area contributed by atoms with Crippen molar-refractivity contribution in [2.24, 2.45) is 0 Å². The summed E-state index contributed by atoms with van der Waals surface area (Å²) in [6.45, 7) is 18.4. The van der Waals surface area contributed by atoms with E-state index in [4.69, 9.17) is 0 Å². The van der Waals surface area contributed by atoms with Gasteiger partial charge in [0.15, 0.2) is 0 Å². The van der Waals surface area contributed by atoms with E-state index in [9.17, 15) is 0 Å². The van der Waals surface area contributed by atoms with Gasteiger partial charge in [-0.05, 0) is 39.0 Å². The molecule has 0 aromatic carbocycles. The normalized spacial score (nSPS) is 12.1. The van der Waals surface area contributed by atoms with Gasteiger partial charge in [0.2, 0.25) is 0 Å². The summed E-state index contributed by atoms with van der Waals surface area (Å²) >= 11 is 0. The molecule has 0 radical (unpaired) electrons. The van der Waals surface area contributed by atoms with Crippen molar-refractivity contribution in [3.63, 3.8) is 0 Å². The van der Waals surface area contributed by atoms with Crippen LogP contribution in [0.1, 0.15) is 46.5 Å². The summed E-state index contributed by atoms with van der Waals surface area (Å²) in [5.74, 6) is 0. The summed E-state index contributed by atoms with van der Waals surface area (Å²) in [5, 5.41) is 1.44. The van der Waals surface area contributed by atoms with Gasteiger partial charge in [-0.15, -0.1) is 6.58 Å². The van der Waals surface area contributed by atoms with Gasteiger partial charge in [0, 0.05) is 0 Å². The molecule has 0 saturated carbocycles. The fourth-order valence-corrected chi connectivity index (χ4v) is 3.43. The van der Waals surface area contributed by atoms with Gasteiger partial charge in [-0.1, -0.05) is 45.0 Å². The maximum atomic E-state index is 4.18. The van der Waals surface area contributed by atoms with Gasteiger partial charge in [-0.3, -0.25) is 0 Å². The number of unbranched alkanes of at least 4 members (excludes halogenated alkanes) is 2. The Morgan fingerprint density at radius 2 is 1.50 bits per heavy atom. The van der Waals surface area contributed by atoms with Crippen LogP contribution in [0.3, 0.4) is 0 Å². The molecule has 0 bridgehead atoms. The Morgan fingerprint density at radius 3 is 1.81 bits per heavy atom. The summed E-state index contributed by atoms with van der Waals surface area (Å²) in [6, 6.07) is 0. The molecular weight excluding hydrogens is 210 g/mol. The molecule has 0 atom stereocenters. The largest absolute Gasteiger partial charge is 0.306 e. The zero-order chi connectivity index (χ0) is 12.6. The Balaban J connectivity index is 4.22. The molecule has 0 amide bonds. The molecule has 0 rings (SSSR count). The molecule has 0 N–H and O–H groups in total. The zero-order valence-corrected chi connectivity index (χ0v) is 13.1.